The fraction of sp³-hybridized carbons (Fsp3) is 0.188. The molecule has 0 amide bonds. The van der Waals surface area contributed by atoms with Crippen molar-refractivity contribution in [1.29, 1.82) is 0 Å². The normalized spacial score (nSPS) is 11.0. The maximum atomic E-state index is 13.5. The van der Waals surface area contributed by atoms with Crippen molar-refractivity contribution in [2.75, 3.05) is 20.9 Å². The summed E-state index contributed by atoms with van der Waals surface area (Å²) in [6.07, 6.45) is 2.93. The first-order valence-electron chi connectivity index (χ1n) is 13.1. The Labute approximate surface area is 240 Å². The van der Waals surface area contributed by atoms with Crippen LogP contribution in [0.1, 0.15) is 21.6 Å². The Balaban J connectivity index is 1.40. The van der Waals surface area contributed by atoms with Crippen molar-refractivity contribution < 1.29 is 27.8 Å². The van der Waals surface area contributed by atoms with Gasteiger partial charge in [0.25, 0.3) is 5.88 Å². The molecule has 42 heavy (non-hydrogen) atoms. The van der Waals surface area contributed by atoms with Crippen LogP contribution in [0.15, 0.2) is 77.9 Å². The van der Waals surface area contributed by atoms with Crippen molar-refractivity contribution in [2.45, 2.75) is 19.9 Å². The van der Waals surface area contributed by atoms with E-state index in [4.69, 9.17) is 14.2 Å². The van der Waals surface area contributed by atoms with Crippen molar-refractivity contribution in [3.8, 4) is 34.3 Å². The number of benzene rings is 2. The maximum Gasteiger partial charge on any atom is 0.257 e. The summed E-state index contributed by atoms with van der Waals surface area (Å²) in [5.74, 6) is 0.809. The Bertz CT molecular complexity index is 1820. The van der Waals surface area contributed by atoms with Crippen molar-refractivity contribution in [3.63, 3.8) is 0 Å². The SMILES string of the molecule is COc1cc2nccc(Oc3ccc(CC(=O)c4cn(CCF)c(C)c(-c5ccc(F)cc5)c4=O)cc3)c2nc1OC. The fourth-order valence-corrected chi connectivity index (χ4v) is 4.70. The van der Waals surface area contributed by atoms with Gasteiger partial charge in [0.05, 0.1) is 31.8 Å². The third-order valence-corrected chi connectivity index (χ3v) is 6.84. The summed E-state index contributed by atoms with van der Waals surface area (Å²) in [5, 5.41) is 0. The number of carbonyl (C=O) groups is 1. The highest BCUT2D eigenvalue weighted by Gasteiger charge is 2.20. The topological polar surface area (TPSA) is 92.5 Å². The average Bonchev–Trinajstić information content (AvgIpc) is 3.00. The summed E-state index contributed by atoms with van der Waals surface area (Å²) >= 11 is 0. The van der Waals surface area contributed by atoms with Gasteiger partial charge in [-0.15, -0.1) is 0 Å². The number of pyridine rings is 3. The van der Waals surface area contributed by atoms with Crippen LogP contribution in [0.5, 0.6) is 23.1 Å². The first kappa shape index (κ1) is 28.4. The first-order chi connectivity index (χ1) is 20.3. The van der Waals surface area contributed by atoms with Crippen molar-refractivity contribution in [2.24, 2.45) is 0 Å². The average molecular weight is 572 g/mol. The van der Waals surface area contributed by atoms with E-state index in [1.807, 2.05) is 0 Å². The van der Waals surface area contributed by atoms with Crippen LogP contribution in [0.3, 0.4) is 0 Å². The number of ketones is 1. The van der Waals surface area contributed by atoms with Crippen LogP contribution >= 0.6 is 0 Å². The molecule has 3 heterocycles. The number of Topliss-reactive ketones (excluding diaryl/α,β-unsaturated/α-hetero) is 1. The maximum absolute atomic E-state index is 13.5. The number of carbonyl (C=O) groups excluding carboxylic acids is 1. The van der Waals surface area contributed by atoms with Gasteiger partial charge in [0, 0.05) is 42.2 Å². The van der Waals surface area contributed by atoms with Gasteiger partial charge in [-0.05, 0) is 42.3 Å². The number of aromatic nitrogens is 3. The van der Waals surface area contributed by atoms with Gasteiger partial charge in [-0.25, -0.2) is 13.8 Å². The summed E-state index contributed by atoms with van der Waals surface area (Å²) in [6.45, 7) is 0.977. The van der Waals surface area contributed by atoms with Gasteiger partial charge in [0.1, 0.15) is 23.8 Å². The van der Waals surface area contributed by atoms with Crippen LogP contribution in [0.2, 0.25) is 0 Å². The minimum atomic E-state index is -0.676. The predicted molar refractivity (Wildman–Crippen MR) is 154 cm³/mol. The number of rotatable bonds is 10. The van der Waals surface area contributed by atoms with Gasteiger partial charge in [0.2, 0.25) is 0 Å². The lowest BCUT2D eigenvalue weighted by molar-refractivity contribution is 0.0991. The van der Waals surface area contributed by atoms with E-state index in [9.17, 15) is 18.4 Å². The Kier molecular flexibility index (Phi) is 8.24. The fourth-order valence-electron chi connectivity index (χ4n) is 4.70. The van der Waals surface area contributed by atoms with E-state index < -0.39 is 23.7 Å². The first-order valence-corrected chi connectivity index (χ1v) is 13.1. The van der Waals surface area contributed by atoms with Crippen molar-refractivity contribution in [1.82, 2.24) is 14.5 Å². The van der Waals surface area contributed by atoms with Gasteiger partial charge >= 0.3 is 0 Å². The summed E-state index contributed by atoms with van der Waals surface area (Å²) in [5.41, 5.74) is 2.34. The summed E-state index contributed by atoms with van der Waals surface area (Å²) in [4.78, 5) is 35.6. The molecular weight excluding hydrogens is 544 g/mol. The number of aryl methyl sites for hydroxylation is 1. The van der Waals surface area contributed by atoms with Crippen LogP contribution in [0, 0.1) is 12.7 Å². The third-order valence-electron chi connectivity index (χ3n) is 6.84. The summed E-state index contributed by atoms with van der Waals surface area (Å²) in [6, 6.07) is 15.7. The Hall–Kier alpha value is -5.12. The second-order valence-electron chi connectivity index (χ2n) is 9.44. The summed E-state index contributed by atoms with van der Waals surface area (Å²) in [7, 11) is 3.01. The molecule has 5 aromatic rings. The van der Waals surface area contributed by atoms with E-state index in [0.717, 1.165) is 0 Å². The highest BCUT2D eigenvalue weighted by Crippen LogP contribution is 2.34. The number of hydrogen-bond acceptors (Lipinski definition) is 7. The molecule has 0 saturated heterocycles. The number of halogens is 2. The largest absolute Gasteiger partial charge is 0.491 e. The molecule has 214 valence electrons. The van der Waals surface area contributed by atoms with E-state index in [2.05, 4.69) is 9.97 Å². The Morgan fingerprint density at radius 1 is 0.976 bits per heavy atom. The molecule has 0 unspecified atom stereocenters. The van der Waals surface area contributed by atoms with Crippen molar-refractivity contribution >= 4 is 16.8 Å². The third kappa shape index (κ3) is 5.69. The lowest BCUT2D eigenvalue weighted by Gasteiger charge is -2.16. The molecule has 0 atom stereocenters. The monoisotopic (exact) mass is 571 g/mol. The number of methoxy groups -OCH3 is 2. The van der Waals surface area contributed by atoms with E-state index in [1.54, 1.807) is 54.1 Å². The molecule has 0 bridgehead atoms. The molecule has 3 aromatic heterocycles. The van der Waals surface area contributed by atoms with E-state index in [0.29, 0.717) is 51.0 Å². The number of nitrogens with zero attached hydrogens (tertiary/aromatic N) is 3. The lowest BCUT2D eigenvalue weighted by atomic mass is 9.97. The molecular formula is C32H27F2N3O5. The van der Waals surface area contributed by atoms with Crippen LogP contribution in [0.25, 0.3) is 22.2 Å². The van der Waals surface area contributed by atoms with Crippen LogP contribution in [-0.4, -0.2) is 41.2 Å². The van der Waals surface area contributed by atoms with Gasteiger partial charge in [-0.1, -0.05) is 24.3 Å². The van der Waals surface area contributed by atoms with E-state index in [1.165, 1.54) is 44.7 Å². The Morgan fingerprint density at radius 3 is 2.38 bits per heavy atom. The molecule has 10 heteroatoms. The lowest BCUT2D eigenvalue weighted by Crippen LogP contribution is -2.24. The molecule has 0 saturated carbocycles. The zero-order chi connectivity index (χ0) is 29.8. The predicted octanol–water partition coefficient (Wildman–Crippen LogP) is 6.11. The second-order valence-corrected chi connectivity index (χ2v) is 9.44. The highest BCUT2D eigenvalue weighted by molar-refractivity contribution is 5.98. The zero-order valence-electron chi connectivity index (χ0n) is 23.2. The highest BCUT2D eigenvalue weighted by atomic mass is 19.1. The summed E-state index contributed by atoms with van der Waals surface area (Å²) < 4.78 is 45.0. The van der Waals surface area contributed by atoms with Crippen molar-refractivity contribution in [3.05, 3.63) is 106 Å². The van der Waals surface area contributed by atoms with Gasteiger partial charge in [-0.2, -0.15) is 0 Å². The van der Waals surface area contributed by atoms with Crippen LogP contribution in [-0.2, 0) is 13.0 Å². The number of alkyl halides is 1. The minimum Gasteiger partial charge on any atom is -0.491 e. The molecule has 5 rings (SSSR count). The number of fused-ring (bicyclic) bond motifs is 1. The molecule has 0 aliphatic carbocycles. The molecule has 0 N–H and O–H groups in total. The molecule has 8 nitrogen and oxygen atoms in total. The second kappa shape index (κ2) is 12.2. The van der Waals surface area contributed by atoms with Gasteiger partial charge in [-0.3, -0.25) is 14.6 Å². The minimum absolute atomic E-state index is 0.0240. The van der Waals surface area contributed by atoms with E-state index >= 15 is 0 Å². The molecule has 0 fully saturated rings. The van der Waals surface area contributed by atoms with E-state index in [-0.39, 0.29) is 24.1 Å². The van der Waals surface area contributed by atoms with Crippen LogP contribution < -0.4 is 19.6 Å². The Morgan fingerprint density at radius 2 is 1.71 bits per heavy atom. The number of ether oxygens (including phenoxy) is 3. The molecule has 0 aliphatic rings. The molecule has 0 spiro atoms. The standard InChI is InChI=1S/C32H27F2N3O5/c1-19-29(21-6-8-22(34)9-7-21)31(39)24(18-37(19)15-13-33)26(38)16-20-4-10-23(11-5-20)42-27-12-14-35-25-17-28(40-2)32(41-3)36-30(25)27/h4-12,14,17-18H,13,15-16H2,1-3H3. The quantitative estimate of drug-likeness (QED) is 0.187. The smallest absolute Gasteiger partial charge is 0.257 e. The number of hydrogen-bond donors (Lipinski definition) is 0. The molecule has 0 aliphatic heterocycles. The zero-order valence-corrected chi connectivity index (χ0v) is 23.2. The van der Waals surface area contributed by atoms with Crippen LogP contribution in [0.4, 0.5) is 8.78 Å². The molecule has 2 aromatic carbocycles. The molecule has 0 radical (unpaired) electrons. The van der Waals surface area contributed by atoms with Gasteiger partial charge in [0.15, 0.2) is 22.7 Å². The van der Waals surface area contributed by atoms with Gasteiger partial charge < -0.3 is 18.8 Å².